The summed E-state index contributed by atoms with van der Waals surface area (Å²) < 4.78 is 38.7. The first-order chi connectivity index (χ1) is 12.9. The smallest absolute Gasteiger partial charge is 0.375 e. The summed E-state index contributed by atoms with van der Waals surface area (Å²) in [5.74, 6) is -2.80. The number of aromatic nitrogens is 2. The number of carbonyl (C=O) groups excluding carboxylic acids is 2. The SMILES string of the molecule is CC(OC(=O)c1ccc(Cn2cccn2)o1)C(=O)Nc1cc(F)ccc1F. The predicted octanol–water partition coefficient (Wildman–Crippen LogP) is 2.99. The van der Waals surface area contributed by atoms with Gasteiger partial charge in [-0.15, -0.1) is 0 Å². The van der Waals surface area contributed by atoms with Crippen molar-refractivity contribution in [2.24, 2.45) is 0 Å². The van der Waals surface area contributed by atoms with E-state index in [-0.39, 0.29) is 11.4 Å². The first-order valence-electron chi connectivity index (χ1n) is 7.95. The Morgan fingerprint density at radius 2 is 2.11 bits per heavy atom. The molecule has 27 heavy (non-hydrogen) atoms. The first kappa shape index (κ1) is 18.3. The lowest BCUT2D eigenvalue weighted by Gasteiger charge is -2.13. The Hall–Kier alpha value is -3.49. The minimum atomic E-state index is -1.25. The van der Waals surface area contributed by atoms with Gasteiger partial charge in [0.1, 0.15) is 17.4 Å². The number of ether oxygens (including phenoxy) is 1. The quantitative estimate of drug-likeness (QED) is 0.670. The average Bonchev–Trinajstić information content (AvgIpc) is 3.30. The zero-order valence-corrected chi connectivity index (χ0v) is 14.2. The fraction of sp³-hybridized carbons (Fsp3) is 0.167. The van der Waals surface area contributed by atoms with Gasteiger partial charge >= 0.3 is 5.97 Å². The van der Waals surface area contributed by atoms with E-state index in [0.29, 0.717) is 12.3 Å². The third-order valence-corrected chi connectivity index (χ3v) is 3.58. The lowest BCUT2D eigenvalue weighted by Crippen LogP contribution is -2.30. The maximum Gasteiger partial charge on any atom is 0.375 e. The number of anilines is 1. The lowest BCUT2D eigenvalue weighted by atomic mass is 10.2. The van der Waals surface area contributed by atoms with Crippen LogP contribution in [0.25, 0.3) is 0 Å². The first-order valence-corrected chi connectivity index (χ1v) is 7.95. The molecule has 140 valence electrons. The Labute approximate surface area is 152 Å². The molecule has 0 spiro atoms. The van der Waals surface area contributed by atoms with Crippen LogP contribution in [0.1, 0.15) is 23.2 Å². The molecule has 0 bridgehead atoms. The van der Waals surface area contributed by atoms with Gasteiger partial charge in [-0.3, -0.25) is 9.48 Å². The number of nitrogens with zero attached hydrogens (tertiary/aromatic N) is 2. The van der Waals surface area contributed by atoms with Crippen LogP contribution in [0.15, 0.2) is 53.2 Å². The highest BCUT2D eigenvalue weighted by molar-refractivity contribution is 5.96. The highest BCUT2D eigenvalue weighted by Crippen LogP contribution is 2.16. The lowest BCUT2D eigenvalue weighted by molar-refractivity contribution is -0.123. The van der Waals surface area contributed by atoms with Crippen LogP contribution in [-0.2, 0) is 16.1 Å². The highest BCUT2D eigenvalue weighted by Gasteiger charge is 2.22. The standard InChI is InChI=1S/C18H15F2N3O4/c1-11(17(24)22-15-9-12(19)3-5-14(15)20)26-18(25)16-6-4-13(27-16)10-23-8-2-7-21-23/h2-9,11H,10H2,1H3,(H,22,24). The summed E-state index contributed by atoms with van der Waals surface area (Å²) in [5.41, 5.74) is -0.345. The van der Waals surface area contributed by atoms with Crippen LogP contribution in [0.3, 0.4) is 0 Å². The second-order valence-corrected chi connectivity index (χ2v) is 5.63. The van der Waals surface area contributed by atoms with E-state index in [1.165, 1.54) is 13.0 Å². The number of hydrogen-bond donors (Lipinski definition) is 1. The number of esters is 1. The van der Waals surface area contributed by atoms with E-state index in [0.717, 1.165) is 18.2 Å². The van der Waals surface area contributed by atoms with E-state index < -0.39 is 29.6 Å². The molecule has 2 heterocycles. The number of benzene rings is 1. The molecule has 3 rings (SSSR count). The molecule has 1 aromatic carbocycles. The molecule has 7 nitrogen and oxygen atoms in total. The number of carbonyl (C=O) groups is 2. The van der Waals surface area contributed by atoms with Crippen molar-refractivity contribution >= 4 is 17.6 Å². The molecule has 2 aromatic heterocycles. The Bertz CT molecular complexity index is 953. The van der Waals surface area contributed by atoms with Crippen molar-refractivity contribution in [3.05, 3.63) is 71.9 Å². The molecule has 1 unspecified atom stereocenters. The number of furan rings is 1. The second-order valence-electron chi connectivity index (χ2n) is 5.63. The maximum atomic E-state index is 13.6. The molecule has 1 N–H and O–H groups in total. The maximum absolute atomic E-state index is 13.6. The molecule has 0 aliphatic rings. The molecule has 0 fully saturated rings. The van der Waals surface area contributed by atoms with E-state index in [1.807, 2.05) is 0 Å². The van der Waals surface area contributed by atoms with Crippen molar-refractivity contribution in [1.29, 1.82) is 0 Å². The van der Waals surface area contributed by atoms with Crippen molar-refractivity contribution in [3.63, 3.8) is 0 Å². The molecule has 9 heteroatoms. The molecule has 1 atom stereocenters. The molecule has 1 amide bonds. The van der Waals surface area contributed by atoms with Gasteiger partial charge in [0.2, 0.25) is 5.76 Å². The number of hydrogen-bond acceptors (Lipinski definition) is 5. The Morgan fingerprint density at radius 3 is 2.85 bits per heavy atom. The third kappa shape index (κ3) is 4.57. The van der Waals surface area contributed by atoms with Crippen LogP contribution in [0.5, 0.6) is 0 Å². The Balaban J connectivity index is 1.59. The minimum Gasteiger partial charge on any atom is -0.452 e. The molecular weight excluding hydrogens is 360 g/mol. The van der Waals surface area contributed by atoms with Crippen LogP contribution >= 0.6 is 0 Å². The molecule has 0 saturated carbocycles. The van der Waals surface area contributed by atoms with Gasteiger partial charge in [-0.25, -0.2) is 13.6 Å². The summed E-state index contributed by atoms with van der Waals surface area (Å²) >= 11 is 0. The topological polar surface area (TPSA) is 86.4 Å². The van der Waals surface area contributed by atoms with Crippen molar-refractivity contribution in [2.75, 3.05) is 5.32 Å². The van der Waals surface area contributed by atoms with Gasteiger partial charge in [-0.1, -0.05) is 0 Å². The van der Waals surface area contributed by atoms with E-state index in [4.69, 9.17) is 9.15 Å². The van der Waals surface area contributed by atoms with Gasteiger partial charge in [0.05, 0.1) is 12.2 Å². The van der Waals surface area contributed by atoms with Gasteiger partial charge in [0, 0.05) is 18.5 Å². The number of halogens is 2. The predicted molar refractivity (Wildman–Crippen MR) is 89.9 cm³/mol. The summed E-state index contributed by atoms with van der Waals surface area (Å²) in [4.78, 5) is 24.1. The molecule has 0 aliphatic carbocycles. The van der Waals surface area contributed by atoms with Gasteiger partial charge in [0.25, 0.3) is 5.91 Å². The molecule has 0 saturated heterocycles. The van der Waals surface area contributed by atoms with Crippen LogP contribution in [0.4, 0.5) is 14.5 Å². The average molecular weight is 375 g/mol. The largest absolute Gasteiger partial charge is 0.452 e. The summed E-state index contributed by atoms with van der Waals surface area (Å²) in [6.07, 6.45) is 2.10. The zero-order valence-electron chi connectivity index (χ0n) is 14.2. The van der Waals surface area contributed by atoms with Crippen LogP contribution in [-0.4, -0.2) is 27.8 Å². The van der Waals surface area contributed by atoms with Gasteiger partial charge in [-0.05, 0) is 37.3 Å². The summed E-state index contributed by atoms with van der Waals surface area (Å²) in [6, 6.07) is 7.39. The van der Waals surface area contributed by atoms with Crippen molar-refractivity contribution in [3.8, 4) is 0 Å². The minimum absolute atomic E-state index is 0.0891. The highest BCUT2D eigenvalue weighted by atomic mass is 19.1. The van der Waals surface area contributed by atoms with Gasteiger partial charge in [-0.2, -0.15) is 5.10 Å². The molecular formula is C18H15F2N3O4. The fourth-order valence-corrected chi connectivity index (χ4v) is 2.23. The van der Waals surface area contributed by atoms with Gasteiger partial charge < -0.3 is 14.5 Å². The summed E-state index contributed by atoms with van der Waals surface area (Å²) in [5, 5.41) is 6.19. The van der Waals surface area contributed by atoms with E-state index >= 15 is 0 Å². The summed E-state index contributed by atoms with van der Waals surface area (Å²) in [7, 11) is 0. The van der Waals surface area contributed by atoms with E-state index in [9.17, 15) is 18.4 Å². The molecule has 0 radical (unpaired) electrons. The number of rotatable bonds is 6. The van der Waals surface area contributed by atoms with Crippen LogP contribution in [0, 0.1) is 11.6 Å². The van der Waals surface area contributed by atoms with Crippen molar-refractivity contribution in [2.45, 2.75) is 19.6 Å². The Morgan fingerprint density at radius 1 is 1.30 bits per heavy atom. The van der Waals surface area contributed by atoms with E-state index in [2.05, 4.69) is 10.4 Å². The number of amides is 1. The monoisotopic (exact) mass is 375 g/mol. The normalized spacial score (nSPS) is 11.8. The summed E-state index contributed by atoms with van der Waals surface area (Å²) in [6.45, 7) is 1.63. The van der Waals surface area contributed by atoms with E-state index in [1.54, 1.807) is 29.2 Å². The molecule has 3 aromatic rings. The fourth-order valence-electron chi connectivity index (χ4n) is 2.23. The van der Waals surface area contributed by atoms with Crippen molar-refractivity contribution in [1.82, 2.24) is 9.78 Å². The molecule has 0 aliphatic heterocycles. The third-order valence-electron chi connectivity index (χ3n) is 3.58. The van der Waals surface area contributed by atoms with Gasteiger partial charge in [0.15, 0.2) is 6.10 Å². The second kappa shape index (κ2) is 7.81. The zero-order chi connectivity index (χ0) is 19.4. The Kier molecular flexibility index (Phi) is 5.30. The number of nitrogens with one attached hydrogen (secondary N) is 1. The van der Waals surface area contributed by atoms with Crippen LogP contribution < -0.4 is 5.32 Å². The van der Waals surface area contributed by atoms with Crippen LogP contribution in [0.2, 0.25) is 0 Å². The van der Waals surface area contributed by atoms with Crippen molar-refractivity contribution < 1.29 is 27.5 Å².